The summed E-state index contributed by atoms with van der Waals surface area (Å²) in [6.07, 6.45) is 35.1. The zero-order valence-corrected chi connectivity index (χ0v) is 32.0. The molecule has 3 N–H and O–H groups in total. The zero-order valence-electron chi connectivity index (χ0n) is 31.1. The molecule has 0 heterocycles. The molecule has 0 spiro atoms. The number of aliphatic hydroxyl groups excluding tert-OH is 2. The van der Waals surface area contributed by atoms with Gasteiger partial charge in [-0.3, -0.25) is 18.6 Å². The number of ether oxygens (including phenoxy) is 2. The molecule has 10 nitrogen and oxygen atoms in total. The second-order valence-corrected chi connectivity index (χ2v) is 14.0. The van der Waals surface area contributed by atoms with E-state index >= 15 is 0 Å². The Morgan fingerprint density at radius 1 is 0.620 bits per heavy atom. The van der Waals surface area contributed by atoms with Gasteiger partial charge >= 0.3 is 19.8 Å². The number of rotatable bonds is 35. The monoisotopic (exact) mass is 728 g/mol. The van der Waals surface area contributed by atoms with Gasteiger partial charge in [0.2, 0.25) is 0 Å². The molecule has 0 aromatic carbocycles. The third-order valence-electron chi connectivity index (χ3n) is 7.72. The van der Waals surface area contributed by atoms with Gasteiger partial charge in [-0.05, 0) is 70.6 Å². The predicted octanol–water partition coefficient (Wildman–Crippen LogP) is 9.38. The fourth-order valence-electron chi connectivity index (χ4n) is 4.76. The molecular weight excluding hydrogens is 659 g/mol. The Kier molecular flexibility index (Phi) is 33.9. The molecule has 0 aliphatic heterocycles. The number of hydrogen-bond acceptors (Lipinski definition) is 9. The van der Waals surface area contributed by atoms with E-state index in [0.717, 1.165) is 89.9 Å². The molecule has 0 radical (unpaired) electrons. The largest absolute Gasteiger partial charge is 0.472 e. The average molecular weight is 729 g/mol. The molecule has 0 aromatic rings. The lowest BCUT2D eigenvalue weighted by molar-refractivity contribution is -0.161. The van der Waals surface area contributed by atoms with Gasteiger partial charge in [0, 0.05) is 12.8 Å². The first-order chi connectivity index (χ1) is 24.2. The average Bonchev–Trinajstić information content (AvgIpc) is 3.10. The van der Waals surface area contributed by atoms with Gasteiger partial charge in [-0.15, -0.1) is 0 Å². The summed E-state index contributed by atoms with van der Waals surface area (Å²) in [6, 6.07) is 0. The highest BCUT2D eigenvalue weighted by Gasteiger charge is 2.27. The van der Waals surface area contributed by atoms with Crippen molar-refractivity contribution in [3.8, 4) is 0 Å². The lowest BCUT2D eigenvalue weighted by Gasteiger charge is -2.20. The van der Waals surface area contributed by atoms with E-state index in [2.05, 4.69) is 67.0 Å². The van der Waals surface area contributed by atoms with Gasteiger partial charge in [-0.25, -0.2) is 4.57 Å². The lowest BCUT2D eigenvalue weighted by atomic mass is 10.1. The van der Waals surface area contributed by atoms with Gasteiger partial charge in [-0.2, -0.15) is 0 Å². The lowest BCUT2D eigenvalue weighted by Crippen LogP contribution is -2.29. The molecule has 3 atom stereocenters. The van der Waals surface area contributed by atoms with Crippen LogP contribution in [0.1, 0.15) is 149 Å². The van der Waals surface area contributed by atoms with E-state index in [9.17, 15) is 24.2 Å². The molecule has 0 bridgehead atoms. The molecule has 0 saturated heterocycles. The van der Waals surface area contributed by atoms with Crippen LogP contribution in [0.5, 0.6) is 0 Å². The van der Waals surface area contributed by atoms with E-state index in [-0.39, 0.29) is 19.4 Å². The maximum Gasteiger partial charge on any atom is 0.472 e. The highest BCUT2D eigenvalue weighted by Crippen LogP contribution is 2.43. The smallest absolute Gasteiger partial charge is 0.462 e. The summed E-state index contributed by atoms with van der Waals surface area (Å²) in [6.45, 7) is 2.19. The van der Waals surface area contributed by atoms with Crippen molar-refractivity contribution in [2.45, 2.75) is 161 Å². The summed E-state index contributed by atoms with van der Waals surface area (Å²) < 4.78 is 32.5. The Labute approximate surface area is 303 Å². The van der Waals surface area contributed by atoms with Crippen molar-refractivity contribution in [2.75, 3.05) is 26.4 Å². The molecular formula is C39H69O10P. The van der Waals surface area contributed by atoms with E-state index in [1.807, 2.05) is 0 Å². The molecule has 0 aliphatic carbocycles. The number of allylic oxidation sites excluding steroid dienone is 8. The maximum absolute atomic E-state index is 12.5. The van der Waals surface area contributed by atoms with Crippen LogP contribution < -0.4 is 0 Å². The van der Waals surface area contributed by atoms with Gasteiger partial charge < -0.3 is 24.6 Å². The van der Waals surface area contributed by atoms with Crippen molar-refractivity contribution in [1.29, 1.82) is 0 Å². The van der Waals surface area contributed by atoms with Crippen LogP contribution in [0.15, 0.2) is 48.6 Å². The predicted molar refractivity (Wildman–Crippen MR) is 201 cm³/mol. The second-order valence-electron chi connectivity index (χ2n) is 12.6. The van der Waals surface area contributed by atoms with Crippen LogP contribution in [0.2, 0.25) is 0 Å². The van der Waals surface area contributed by atoms with Crippen molar-refractivity contribution >= 4 is 19.8 Å². The Bertz CT molecular complexity index is 978. The van der Waals surface area contributed by atoms with Gasteiger partial charge in [0.25, 0.3) is 0 Å². The highest BCUT2D eigenvalue weighted by molar-refractivity contribution is 7.47. The van der Waals surface area contributed by atoms with Crippen LogP contribution in [-0.4, -0.2) is 65.7 Å². The highest BCUT2D eigenvalue weighted by atomic mass is 31.2. The molecule has 0 aliphatic rings. The van der Waals surface area contributed by atoms with Crippen LogP contribution in [0.3, 0.4) is 0 Å². The number of unbranched alkanes of at least 4 members (excludes halogenated alkanes) is 13. The molecule has 0 fully saturated rings. The first-order valence-electron chi connectivity index (χ1n) is 19.1. The van der Waals surface area contributed by atoms with E-state index in [0.29, 0.717) is 12.8 Å². The quantitative estimate of drug-likeness (QED) is 0.0249. The minimum absolute atomic E-state index is 0.161. The van der Waals surface area contributed by atoms with Crippen LogP contribution in [0, 0.1) is 0 Å². The zero-order chi connectivity index (χ0) is 37.0. The molecule has 11 heteroatoms. The minimum Gasteiger partial charge on any atom is -0.462 e. The summed E-state index contributed by atoms with van der Waals surface area (Å²) >= 11 is 0. The van der Waals surface area contributed by atoms with Crippen molar-refractivity contribution in [1.82, 2.24) is 0 Å². The molecule has 50 heavy (non-hydrogen) atoms. The third-order valence-corrected chi connectivity index (χ3v) is 8.67. The van der Waals surface area contributed by atoms with E-state index in [1.165, 1.54) is 19.3 Å². The molecule has 3 unspecified atom stereocenters. The van der Waals surface area contributed by atoms with E-state index in [1.54, 1.807) is 0 Å². The van der Waals surface area contributed by atoms with Gasteiger partial charge in [0.15, 0.2) is 6.10 Å². The van der Waals surface area contributed by atoms with Crippen molar-refractivity contribution in [3.63, 3.8) is 0 Å². The van der Waals surface area contributed by atoms with Crippen molar-refractivity contribution in [2.24, 2.45) is 0 Å². The summed E-state index contributed by atoms with van der Waals surface area (Å²) in [5.74, 6) is -0.960. The first kappa shape index (κ1) is 47.9. The van der Waals surface area contributed by atoms with Crippen LogP contribution in [0.25, 0.3) is 0 Å². The summed E-state index contributed by atoms with van der Waals surface area (Å²) in [5.41, 5.74) is 0. The van der Waals surface area contributed by atoms with Crippen LogP contribution in [0.4, 0.5) is 0 Å². The number of phosphoric ester groups is 1. The summed E-state index contributed by atoms with van der Waals surface area (Å²) in [4.78, 5) is 34.8. The second kappa shape index (κ2) is 35.3. The van der Waals surface area contributed by atoms with Gasteiger partial charge in [0.05, 0.1) is 19.8 Å². The number of aliphatic hydroxyl groups is 2. The fourth-order valence-corrected chi connectivity index (χ4v) is 5.55. The number of hydrogen-bond donors (Lipinski definition) is 3. The Balaban J connectivity index is 4.42. The van der Waals surface area contributed by atoms with Crippen molar-refractivity contribution < 1.29 is 47.8 Å². The number of phosphoric acid groups is 1. The molecule has 0 saturated carbocycles. The molecule has 0 aromatic heterocycles. The SMILES string of the molecule is CC/C=C\C/C=C\C/C=C\CCCCCCCC(=O)OC(COC(=O)CCCCCCC/C=C\CCCCC)COP(=O)(O)OCC(O)CO. The van der Waals surface area contributed by atoms with Gasteiger partial charge in [-0.1, -0.05) is 114 Å². The van der Waals surface area contributed by atoms with Crippen LogP contribution >= 0.6 is 7.82 Å². The Hall–Kier alpha value is -2.07. The first-order valence-corrected chi connectivity index (χ1v) is 20.6. The minimum atomic E-state index is -4.62. The maximum atomic E-state index is 12.5. The third kappa shape index (κ3) is 34.4. The van der Waals surface area contributed by atoms with Gasteiger partial charge in [0.1, 0.15) is 12.7 Å². The van der Waals surface area contributed by atoms with Crippen molar-refractivity contribution in [3.05, 3.63) is 48.6 Å². The van der Waals surface area contributed by atoms with E-state index < -0.39 is 51.8 Å². The molecule has 290 valence electrons. The number of carbonyl (C=O) groups is 2. The fraction of sp³-hybridized carbons (Fsp3) is 0.744. The summed E-state index contributed by atoms with van der Waals surface area (Å²) in [7, 11) is -4.62. The molecule has 0 amide bonds. The number of carbonyl (C=O) groups excluding carboxylic acids is 2. The number of esters is 2. The topological polar surface area (TPSA) is 149 Å². The normalized spacial score (nSPS) is 14.6. The Morgan fingerprint density at radius 3 is 1.68 bits per heavy atom. The standard InChI is InChI=1S/C39H69O10P/c1-3-5-7-9-11-13-15-17-18-19-21-23-25-27-29-31-39(43)49-37(35-48-50(44,45)47-33-36(41)32-40)34-46-38(42)30-28-26-24-22-20-16-14-12-10-8-6-4-2/h5,7,11-14,17-18,36-37,40-41H,3-4,6,8-10,15-16,19-35H2,1-2H3,(H,44,45)/b7-5-,13-11-,14-12-,18-17-. The Morgan fingerprint density at radius 2 is 1.10 bits per heavy atom. The van der Waals surface area contributed by atoms with Crippen LogP contribution in [-0.2, 0) is 32.7 Å². The molecule has 0 rings (SSSR count). The van der Waals surface area contributed by atoms with E-state index in [4.69, 9.17) is 19.1 Å². The summed E-state index contributed by atoms with van der Waals surface area (Å²) in [5, 5.41) is 18.3.